The predicted molar refractivity (Wildman–Crippen MR) is 48.3 cm³/mol. The summed E-state index contributed by atoms with van der Waals surface area (Å²) in [6.07, 6.45) is 0. The van der Waals surface area contributed by atoms with Crippen molar-refractivity contribution < 1.29 is 4.74 Å². The molecule has 0 unspecified atom stereocenters. The quantitative estimate of drug-likeness (QED) is 0.644. The van der Waals surface area contributed by atoms with E-state index < -0.39 is 0 Å². The molecule has 13 heavy (non-hydrogen) atoms. The number of nitriles is 1. The highest BCUT2D eigenvalue weighted by atomic mass is 16.5. The molecule has 1 aliphatic rings. The zero-order valence-electron chi connectivity index (χ0n) is 7.37. The lowest BCUT2D eigenvalue weighted by molar-refractivity contribution is 0.331. The van der Waals surface area contributed by atoms with Crippen molar-refractivity contribution in [3.63, 3.8) is 0 Å². The molecule has 1 heterocycles. The molecule has 1 aliphatic heterocycles. The van der Waals surface area contributed by atoms with Gasteiger partial charge in [-0.05, 0) is 13.0 Å². The van der Waals surface area contributed by atoms with Crippen LogP contribution in [0, 0.1) is 18.3 Å². The first kappa shape index (κ1) is 8.09. The lowest BCUT2D eigenvalue weighted by Crippen LogP contribution is -2.10. The van der Waals surface area contributed by atoms with Crippen LogP contribution in [0.25, 0.3) is 0 Å². The van der Waals surface area contributed by atoms with E-state index in [2.05, 4.69) is 6.07 Å². The molecule has 0 fully saturated rings. The normalized spacial score (nSPS) is 19.0. The standard InChI is InChI=1S/C10H10N2O/c1-6-7(4-11)2-3-8-9(12)5-13-10(6)8/h2-3,9H,5,12H2,1H3/t9-/m1/s1. The van der Waals surface area contributed by atoms with Crippen molar-refractivity contribution in [1.82, 2.24) is 0 Å². The van der Waals surface area contributed by atoms with Crippen molar-refractivity contribution >= 4 is 0 Å². The molecule has 0 aliphatic carbocycles. The van der Waals surface area contributed by atoms with Crippen molar-refractivity contribution in [2.24, 2.45) is 5.73 Å². The molecule has 2 N–H and O–H groups in total. The molecule has 0 spiro atoms. The zero-order chi connectivity index (χ0) is 9.42. The van der Waals surface area contributed by atoms with Gasteiger partial charge in [-0.25, -0.2) is 0 Å². The minimum Gasteiger partial charge on any atom is -0.491 e. The van der Waals surface area contributed by atoms with Gasteiger partial charge in [0.15, 0.2) is 0 Å². The van der Waals surface area contributed by atoms with E-state index in [4.69, 9.17) is 15.7 Å². The number of benzene rings is 1. The van der Waals surface area contributed by atoms with Crippen LogP contribution >= 0.6 is 0 Å². The van der Waals surface area contributed by atoms with Gasteiger partial charge in [0.1, 0.15) is 12.4 Å². The third-order valence-electron chi connectivity index (χ3n) is 2.36. The SMILES string of the molecule is Cc1c(C#N)ccc2c1OC[C@H]2N. The van der Waals surface area contributed by atoms with E-state index in [0.717, 1.165) is 16.9 Å². The molecule has 0 saturated carbocycles. The average Bonchev–Trinajstić information content (AvgIpc) is 2.50. The monoisotopic (exact) mass is 174 g/mol. The Balaban J connectivity index is 2.62. The first-order valence-corrected chi connectivity index (χ1v) is 4.16. The summed E-state index contributed by atoms with van der Waals surface area (Å²) >= 11 is 0. The van der Waals surface area contributed by atoms with Crippen LogP contribution in [0.4, 0.5) is 0 Å². The summed E-state index contributed by atoms with van der Waals surface area (Å²) in [5.41, 5.74) is 8.37. The molecule has 1 aromatic carbocycles. The van der Waals surface area contributed by atoms with E-state index in [1.54, 1.807) is 6.07 Å². The van der Waals surface area contributed by atoms with Gasteiger partial charge in [0.05, 0.1) is 17.7 Å². The molecule has 2 rings (SSSR count). The molecule has 0 aromatic heterocycles. The van der Waals surface area contributed by atoms with Crippen LogP contribution in [0.15, 0.2) is 12.1 Å². The van der Waals surface area contributed by atoms with Crippen molar-refractivity contribution in [2.45, 2.75) is 13.0 Å². The topological polar surface area (TPSA) is 59.0 Å². The third-order valence-corrected chi connectivity index (χ3v) is 2.36. The van der Waals surface area contributed by atoms with Crippen LogP contribution in [0.3, 0.4) is 0 Å². The third kappa shape index (κ3) is 1.07. The van der Waals surface area contributed by atoms with E-state index in [9.17, 15) is 0 Å². The molecular formula is C10H10N2O. The lowest BCUT2D eigenvalue weighted by atomic mass is 10.0. The van der Waals surface area contributed by atoms with E-state index >= 15 is 0 Å². The van der Waals surface area contributed by atoms with Crippen LogP contribution in [0.2, 0.25) is 0 Å². The zero-order valence-corrected chi connectivity index (χ0v) is 7.37. The maximum absolute atomic E-state index is 8.78. The Bertz CT molecular complexity index is 393. The first-order valence-electron chi connectivity index (χ1n) is 4.16. The second-order valence-electron chi connectivity index (χ2n) is 3.19. The fourth-order valence-corrected chi connectivity index (χ4v) is 1.58. The van der Waals surface area contributed by atoms with Gasteiger partial charge in [-0.2, -0.15) is 5.26 Å². The summed E-state index contributed by atoms with van der Waals surface area (Å²) in [4.78, 5) is 0. The fraction of sp³-hybridized carbons (Fsp3) is 0.300. The minimum absolute atomic E-state index is 0.0403. The summed E-state index contributed by atoms with van der Waals surface area (Å²) in [6, 6.07) is 5.75. The van der Waals surface area contributed by atoms with Gasteiger partial charge in [-0.1, -0.05) is 6.07 Å². The molecule has 66 valence electrons. The highest BCUT2D eigenvalue weighted by Crippen LogP contribution is 2.35. The van der Waals surface area contributed by atoms with Crippen molar-refractivity contribution in [3.05, 3.63) is 28.8 Å². The van der Waals surface area contributed by atoms with E-state index in [1.165, 1.54) is 0 Å². The Morgan fingerprint density at radius 3 is 3.08 bits per heavy atom. The fourth-order valence-electron chi connectivity index (χ4n) is 1.58. The maximum atomic E-state index is 8.78. The van der Waals surface area contributed by atoms with Crippen molar-refractivity contribution in [1.29, 1.82) is 5.26 Å². The number of rotatable bonds is 0. The molecule has 3 heteroatoms. The summed E-state index contributed by atoms with van der Waals surface area (Å²) in [7, 11) is 0. The summed E-state index contributed by atoms with van der Waals surface area (Å²) < 4.78 is 5.41. The molecule has 3 nitrogen and oxygen atoms in total. The Morgan fingerprint density at radius 2 is 2.38 bits per heavy atom. The van der Waals surface area contributed by atoms with Crippen molar-refractivity contribution in [3.8, 4) is 11.8 Å². The molecule has 1 atom stereocenters. The van der Waals surface area contributed by atoms with Crippen LogP contribution in [-0.4, -0.2) is 6.61 Å². The first-order chi connectivity index (χ1) is 6.24. The summed E-state index contributed by atoms with van der Waals surface area (Å²) in [5, 5.41) is 8.78. The van der Waals surface area contributed by atoms with E-state index in [1.807, 2.05) is 13.0 Å². The second kappa shape index (κ2) is 2.75. The molecule has 0 bridgehead atoms. The highest BCUT2D eigenvalue weighted by Gasteiger charge is 2.23. The van der Waals surface area contributed by atoms with Gasteiger partial charge in [0.25, 0.3) is 0 Å². The molecule has 0 saturated heterocycles. The van der Waals surface area contributed by atoms with Gasteiger partial charge in [0, 0.05) is 11.1 Å². The van der Waals surface area contributed by atoms with Gasteiger partial charge >= 0.3 is 0 Å². The number of nitrogens with zero attached hydrogens (tertiary/aromatic N) is 1. The van der Waals surface area contributed by atoms with Crippen LogP contribution in [0.1, 0.15) is 22.7 Å². The van der Waals surface area contributed by atoms with Gasteiger partial charge < -0.3 is 10.5 Å². The maximum Gasteiger partial charge on any atom is 0.128 e. The number of hydrogen-bond donors (Lipinski definition) is 1. The minimum atomic E-state index is -0.0403. The van der Waals surface area contributed by atoms with Crippen LogP contribution in [0.5, 0.6) is 5.75 Å². The van der Waals surface area contributed by atoms with Crippen molar-refractivity contribution in [2.75, 3.05) is 6.61 Å². The highest BCUT2D eigenvalue weighted by molar-refractivity contribution is 5.53. The molecule has 1 aromatic rings. The number of hydrogen-bond acceptors (Lipinski definition) is 3. The van der Waals surface area contributed by atoms with E-state index in [0.29, 0.717) is 12.2 Å². The number of nitrogens with two attached hydrogens (primary N) is 1. The molecule has 0 amide bonds. The van der Waals surface area contributed by atoms with E-state index in [-0.39, 0.29) is 6.04 Å². The Hall–Kier alpha value is -1.53. The molecular weight excluding hydrogens is 164 g/mol. The Morgan fingerprint density at radius 1 is 1.62 bits per heavy atom. The van der Waals surface area contributed by atoms with Crippen LogP contribution < -0.4 is 10.5 Å². The number of ether oxygens (including phenoxy) is 1. The Kier molecular flexibility index (Phi) is 1.71. The van der Waals surface area contributed by atoms with Crippen LogP contribution in [-0.2, 0) is 0 Å². The summed E-state index contributed by atoms with van der Waals surface area (Å²) in [6.45, 7) is 2.40. The Labute approximate surface area is 76.7 Å². The molecule has 0 radical (unpaired) electrons. The smallest absolute Gasteiger partial charge is 0.128 e. The second-order valence-corrected chi connectivity index (χ2v) is 3.19. The number of fused-ring (bicyclic) bond motifs is 1. The van der Waals surface area contributed by atoms with Gasteiger partial charge in [-0.15, -0.1) is 0 Å². The average molecular weight is 174 g/mol. The predicted octanol–water partition coefficient (Wildman–Crippen LogP) is 1.26. The lowest BCUT2D eigenvalue weighted by Gasteiger charge is -2.04. The largest absolute Gasteiger partial charge is 0.491 e. The van der Waals surface area contributed by atoms with Gasteiger partial charge in [0.2, 0.25) is 0 Å². The van der Waals surface area contributed by atoms with Gasteiger partial charge in [-0.3, -0.25) is 0 Å². The summed E-state index contributed by atoms with van der Waals surface area (Å²) in [5.74, 6) is 0.798.